The van der Waals surface area contributed by atoms with Crippen LogP contribution in [0, 0.1) is 5.92 Å². The lowest BCUT2D eigenvalue weighted by atomic mass is 10.1. The summed E-state index contributed by atoms with van der Waals surface area (Å²) in [5, 5.41) is 0. The van der Waals surface area contributed by atoms with E-state index in [-0.39, 0.29) is 17.7 Å². The lowest BCUT2D eigenvalue weighted by Gasteiger charge is -2.35. The fourth-order valence-corrected chi connectivity index (χ4v) is 4.29. The molecule has 2 saturated heterocycles. The van der Waals surface area contributed by atoms with Crippen molar-refractivity contribution < 1.29 is 19.1 Å². The summed E-state index contributed by atoms with van der Waals surface area (Å²) in [5.41, 5.74) is 1.08. The van der Waals surface area contributed by atoms with E-state index in [1.165, 1.54) is 12.8 Å². The van der Waals surface area contributed by atoms with Gasteiger partial charge in [0.15, 0.2) is 11.5 Å². The predicted molar refractivity (Wildman–Crippen MR) is 116 cm³/mol. The number of hydrogen-bond acceptors (Lipinski definition) is 5. The van der Waals surface area contributed by atoms with Gasteiger partial charge in [0.05, 0.1) is 20.1 Å². The molecule has 0 radical (unpaired) electrons. The molecule has 30 heavy (non-hydrogen) atoms. The minimum atomic E-state index is -0.204. The minimum absolute atomic E-state index is 0.0791. The number of nitrogens with zero attached hydrogens (tertiary/aromatic N) is 3. The van der Waals surface area contributed by atoms with Crippen molar-refractivity contribution in [2.24, 2.45) is 5.92 Å². The van der Waals surface area contributed by atoms with Gasteiger partial charge in [0.1, 0.15) is 0 Å². The van der Waals surface area contributed by atoms with Gasteiger partial charge in [-0.1, -0.05) is 19.4 Å². The molecule has 2 aliphatic rings. The van der Waals surface area contributed by atoms with Crippen LogP contribution in [0.5, 0.6) is 11.5 Å². The van der Waals surface area contributed by atoms with Crippen LogP contribution in [0.3, 0.4) is 0 Å². The number of amides is 2. The van der Waals surface area contributed by atoms with Crippen LogP contribution in [0.1, 0.15) is 31.7 Å². The number of methoxy groups -OCH3 is 2. The summed E-state index contributed by atoms with van der Waals surface area (Å²) in [4.78, 5) is 31.6. The fraction of sp³-hybridized carbons (Fsp3) is 0.652. The summed E-state index contributed by atoms with van der Waals surface area (Å²) in [7, 11) is 3.23. The van der Waals surface area contributed by atoms with Gasteiger partial charge in [-0.05, 0) is 37.1 Å². The molecule has 1 atom stereocenters. The third kappa shape index (κ3) is 5.45. The van der Waals surface area contributed by atoms with E-state index in [2.05, 4.69) is 11.8 Å². The molecule has 3 rings (SSSR count). The van der Waals surface area contributed by atoms with Crippen molar-refractivity contribution in [2.75, 3.05) is 60.0 Å². The van der Waals surface area contributed by atoms with Gasteiger partial charge in [-0.25, -0.2) is 0 Å². The van der Waals surface area contributed by atoms with Gasteiger partial charge in [0.25, 0.3) is 0 Å². The zero-order valence-corrected chi connectivity index (χ0v) is 18.6. The summed E-state index contributed by atoms with van der Waals surface area (Å²) in [5.74, 6) is 1.40. The van der Waals surface area contributed by atoms with Crippen LogP contribution < -0.4 is 9.47 Å². The summed E-state index contributed by atoms with van der Waals surface area (Å²) < 4.78 is 10.6. The molecule has 0 aliphatic carbocycles. The van der Waals surface area contributed by atoms with Crippen molar-refractivity contribution in [3.05, 3.63) is 23.8 Å². The zero-order chi connectivity index (χ0) is 21.5. The lowest BCUT2D eigenvalue weighted by Crippen LogP contribution is -2.50. The number of benzene rings is 1. The maximum Gasteiger partial charge on any atom is 0.228 e. The average molecular weight is 418 g/mol. The first kappa shape index (κ1) is 22.4. The predicted octanol–water partition coefficient (Wildman–Crippen LogP) is 2.04. The van der Waals surface area contributed by atoms with Crippen molar-refractivity contribution in [3.63, 3.8) is 0 Å². The highest BCUT2D eigenvalue weighted by atomic mass is 16.5. The summed E-state index contributed by atoms with van der Waals surface area (Å²) >= 11 is 0. The van der Waals surface area contributed by atoms with Crippen LogP contribution >= 0.6 is 0 Å². The molecule has 0 spiro atoms. The molecule has 1 unspecified atom stereocenters. The Labute approximate surface area is 179 Å². The second-order valence-corrected chi connectivity index (χ2v) is 8.20. The quantitative estimate of drug-likeness (QED) is 0.615. The number of piperazine rings is 1. The zero-order valence-electron chi connectivity index (χ0n) is 18.6. The number of ether oxygens (including phenoxy) is 2. The molecule has 0 saturated carbocycles. The topological polar surface area (TPSA) is 62.3 Å². The van der Waals surface area contributed by atoms with Crippen molar-refractivity contribution in [2.45, 2.75) is 32.6 Å². The standard InChI is InChI=1S/C23H35N3O4/c1-4-5-9-24-11-13-25(14-12-24)23(28)19-16-22(27)26(17-19)10-8-18-6-7-20(29-2)21(15-18)30-3/h6-7,15,19H,4-5,8-14,16-17H2,1-3H3. The number of hydrogen-bond donors (Lipinski definition) is 0. The molecule has 0 N–H and O–H groups in total. The molecule has 7 heteroatoms. The summed E-state index contributed by atoms with van der Waals surface area (Å²) in [6, 6.07) is 5.81. The van der Waals surface area contributed by atoms with Gasteiger partial charge in [0.2, 0.25) is 11.8 Å². The van der Waals surface area contributed by atoms with Crippen LogP contribution in [0.25, 0.3) is 0 Å². The third-order valence-corrected chi connectivity index (χ3v) is 6.19. The largest absolute Gasteiger partial charge is 0.493 e. The molecular weight excluding hydrogens is 382 g/mol. The Balaban J connectivity index is 1.48. The van der Waals surface area contributed by atoms with Gasteiger partial charge in [-0.3, -0.25) is 14.5 Å². The van der Waals surface area contributed by atoms with E-state index in [1.54, 1.807) is 14.2 Å². The highest BCUT2D eigenvalue weighted by Crippen LogP contribution is 2.28. The Hall–Kier alpha value is -2.28. The Morgan fingerprint density at radius 2 is 1.80 bits per heavy atom. The molecule has 1 aromatic rings. The van der Waals surface area contributed by atoms with Crippen LogP contribution in [-0.2, 0) is 16.0 Å². The molecule has 166 valence electrons. The average Bonchev–Trinajstić information content (AvgIpc) is 3.16. The van der Waals surface area contributed by atoms with E-state index in [0.717, 1.165) is 44.7 Å². The maximum atomic E-state index is 12.9. The van der Waals surface area contributed by atoms with E-state index in [1.807, 2.05) is 28.0 Å². The molecular formula is C23H35N3O4. The van der Waals surface area contributed by atoms with Crippen LogP contribution in [0.15, 0.2) is 18.2 Å². The summed E-state index contributed by atoms with van der Waals surface area (Å²) in [6.45, 7) is 7.89. The van der Waals surface area contributed by atoms with E-state index < -0.39 is 0 Å². The Bertz CT molecular complexity index is 731. The lowest BCUT2D eigenvalue weighted by molar-refractivity contribution is -0.137. The molecule has 0 aromatic heterocycles. The van der Waals surface area contributed by atoms with Gasteiger partial charge in [-0.2, -0.15) is 0 Å². The number of carbonyl (C=O) groups is 2. The molecule has 0 bridgehead atoms. The molecule has 2 amide bonds. The molecule has 2 aliphatic heterocycles. The third-order valence-electron chi connectivity index (χ3n) is 6.19. The maximum absolute atomic E-state index is 12.9. The highest BCUT2D eigenvalue weighted by Gasteiger charge is 2.37. The van der Waals surface area contributed by atoms with Crippen molar-refractivity contribution in [1.82, 2.24) is 14.7 Å². The molecule has 2 heterocycles. The van der Waals surface area contributed by atoms with Crippen LogP contribution in [0.4, 0.5) is 0 Å². The normalized spacial score (nSPS) is 20.0. The highest BCUT2D eigenvalue weighted by molar-refractivity contribution is 5.89. The first-order valence-corrected chi connectivity index (χ1v) is 11.1. The Morgan fingerprint density at radius 1 is 1.07 bits per heavy atom. The minimum Gasteiger partial charge on any atom is -0.493 e. The molecule has 2 fully saturated rings. The van der Waals surface area contributed by atoms with E-state index in [4.69, 9.17) is 9.47 Å². The Morgan fingerprint density at radius 3 is 2.47 bits per heavy atom. The number of carbonyl (C=O) groups excluding carboxylic acids is 2. The van der Waals surface area contributed by atoms with Crippen molar-refractivity contribution >= 4 is 11.8 Å². The fourth-order valence-electron chi connectivity index (χ4n) is 4.29. The smallest absolute Gasteiger partial charge is 0.228 e. The second-order valence-electron chi connectivity index (χ2n) is 8.20. The van der Waals surface area contributed by atoms with Gasteiger partial charge >= 0.3 is 0 Å². The van der Waals surface area contributed by atoms with E-state index in [9.17, 15) is 9.59 Å². The first-order valence-electron chi connectivity index (χ1n) is 11.1. The van der Waals surface area contributed by atoms with Crippen molar-refractivity contribution in [3.8, 4) is 11.5 Å². The van der Waals surface area contributed by atoms with E-state index in [0.29, 0.717) is 31.0 Å². The second kappa shape index (κ2) is 10.7. The summed E-state index contributed by atoms with van der Waals surface area (Å²) in [6.07, 6.45) is 3.46. The van der Waals surface area contributed by atoms with Crippen LogP contribution in [0.2, 0.25) is 0 Å². The van der Waals surface area contributed by atoms with Crippen molar-refractivity contribution in [1.29, 1.82) is 0 Å². The van der Waals surface area contributed by atoms with Gasteiger partial charge in [0, 0.05) is 45.7 Å². The number of likely N-dealkylation sites (tertiary alicyclic amines) is 1. The molecule has 1 aromatic carbocycles. The number of unbranched alkanes of at least 4 members (excludes halogenated alkanes) is 1. The molecule has 7 nitrogen and oxygen atoms in total. The van der Waals surface area contributed by atoms with Crippen LogP contribution in [-0.4, -0.2) is 86.5 Å². The monoisotopic (exact) mass is 417 g/mol. The number of rotatable bonds is 9. The SMILES string of the molecule is CCCCN1CCN(C(=O)C2CC(=O)N(CCc3ccc(OC)c(OC)c3)C2)CC1. The Kier molecular flexibility index (Phi) is 7.96. The first-order chi connectivity index (χ1) is 14.5. The van der Waals surface area contributed by atoms with E-state index >= 15 is 0 Å². The van der Waals surface area contributed by atoms with Gasteiger partial charge < -0.3 is 19.3 Å². The van der Waals surface area contributed by atoms with Gasteiger partial charge in [-0.15, -0.1) is 0 Å².